The van der Waals surface area contributed by atoms with Gasteiger partial charge in [-0.15, -0.1) is 0 Å². The van der Waals surface area contributed by atoms with Crippen LogP contribution in [0.5, 0.6) is 5.75 Å². The molecular formula is C23H28N4O3. The van der Waals surface area contributed by atoms with E-state index >= 15 is 0 Å². The Morgan fingerprint density at radius 2 is 1.63 bits per heavy atom. The van der Waals surface area contributed by atoms with Gasteiger partial charge in [-0.2, -0.15) is 0 Å². The first-order valence-electron chi connectivity index (χ1n) is 10.4. The van der Waals surface area contributed by atoms with Crippen molar-refractivity contribution < 1.29 is 14.3 Å². The van der Waals surface area contributed by atoms with Crippen LogP contribution in [0.3, 0.4) is 0 Å². The Bertz CT molecular complexity index is 912. The Morgan fingerprint density at radius 1 is 0.967 bits per heavy atom. The average Bonchev–Trinajstić information content (AvgIpc) is 2.99. The highest BCUT2D eigenvalue weighted by molar-refractivity contribution is 6.07. The van der Waals surface area contributed by atoms with Gasteiger partial charge in [0.05, 0.1) is 19.0 Å². The third-order valence-corrected chi connectivity index (χ3v) is 5.85. The third kappa shape index (κ3) is 3.73. The molecule has 1 N–H and O–H groups in total. The molecule has 30 heavy (non-hydrogen) atoms. The van der Waals surface area contributed by atoms with Crippen LogP contribution in [0, 0.1) is 0 Å². The van der Waals surface area contributed by atoms with Crippen LogP contribution in [0.2, 0.25) is 0 Å². The summed E-state index contributed by atoms with van der Waals surface area (Å²) < 4.78 is 5.76. The van der Waals surface area contributed by atoms with Crippen molar-refractivity contribution in [1.82, 2.24) is 15.1 Å². The van der Waals surface area contributed by atoms with E-state index < -0.39 is 5.54 Å². The van der Waals surface area contributed by atoms with Gasteiger partial charge in [0.2, 0.25) is 0 Å². The van der Waals surface area contributed by atoms with E-state index in [0.29, 0.717) is 13.3 Å². The van der Waals surface area contributed by atoms with E-state index in [1.807, 2.05) is 55.5 Å². The molecule has 2 aromatic carbocycles. The van der Waals surface area contributed by atoms with E-state index in [9.17, 15) is 9.59 Å². The topological polar surface area (TPSA) is 65.1 Å². The fraction of sp³-hybridized carbons (Fsp3) is 0.391. The lowest BCUT2D eigenvalue weighted by molar-refractivity contribution is -0.132. The van der Waals surface area contributed by atoms with Gasteiger partial charge in [0, 0.05) is 26.2 Å². The molecule has 158 valence electrons. The number of hydrogen-bond acceptors (Lipinski definition) is 5. The second kappa shape index (κ2) is 8.36. The number of benzene rings is 2. The van der Waals surface area contributed by atoms with Gasteiger partial charge in [0.25, 0.3) is 5.91 Å². The summed E-state index contributed by atoms with van der Waals surface area (Å²) in [6, 6.07) is 17.1. The number of anilines is 1. The van der Waals surface area contributed by atoms with Crippen LogP contribution >= 0.6 is 0 Å². The minimum atomic E-state index is -1.02. The van der Waals surface area contributed by atoms with Crippen LogP contribution in [-0.4, -0.2) is 61.2 Å². The van der Waals surface area contributed by atoms with Gasteiger partial charge in [0.15, 0.2) is 0 Å². The molecule has 0 aromatic heterocycles. The Labute approximate surface area is 177 Å². The Morgan fingerprint density at radius 3 is 2.33 bits per heavy atom. The molecule has 0 saturated carbocycles. The number of urea groups is 1. The standard InChI is InChI=1S/C23H28N4O3/c1-3-30-20-12-8-7-11-19(20)26-15-13-25(14-16-26)17-27-21(28)23(2,24-22(27)29)18-9-5-4-6-10-18/h4-12H,3,13-17H2,1-2H3,(H,24,29)/t23-/m1/s1. The van der Waals surface area contributed by atoms with Gasteiger partial charge in [-0.05, 0) is 31.5 Å². The van der Waals surface area contributed by atoms with Crippen molar-refractivity contribution in [3.8, 4) is 5.75 Å². The second-order valence-corrected chi connectivity index (χ2v) is 7.80. The van der Waals surface area contributed by atoms with E-state index in [4.69, 9.17) is 4.74 Å². The fourth-order valence-electron chi connectivity index (χ4n) is 4.12. The number of piperazine rings is 1. The molecule has 2 aromatic rings. The van der Waals surface area contributed by atoms with E-state index in [-0.39, 0.29) is 11.9 Å². The summed E-state index contributed by atoms with van der Waals surface area (Å²) in [6.45, 7) is 7.82. The fourth-order valence-corrected chi connectivity index (χ4v) is 4.12. The molecule has 2 saturated heterocycles. The summed E-state index contributed by atoms with van der Waals surface area (Å²) in [4.78, 5) is 31.5. The molecule has 7 heteroatoms. The van der Waals surface area contributed by atoms with Crippen molar-refractivity contribution in [1.29, 1.82) is 0 Å². The first-order valence-corrected chi connectivity index (χ1v) is 10.4. The van der Waals surface area contributed by atoms with Gasteiger partial charge < -0.3 is 15.0 Å². The molecule has 0 bridgehead atoms. The summed E-state index contributed by atoms with van der Waals surface area (Å²) in [5.41, 5.74) is 0.866. The van der Waals surface area contributed by atoms with Crippen molar-refractivity contribution >= 4 is 17.6 Å². The van der Waals surface area contributed by atoms with E-state index in [0.717, 1.165) is 43.2 Å². The van der Waals surface area contributed by atoms with Crippen molar-refractivity contribution in [2.45, 2.75) is 19.4 Å². The smallest absolute Gasteiger partial charge is 0.326 e. The molecule has 0 aliphatic carbocycles. The minimum absolute atomic E-state index is 0.206. The van der Waals surface area contributed by atoms with Crippen LogP contribution < -0.4 is 15.0 Å². The normalized spacial score (nSPS) is 22.3. The lowest BCUT2D eigenvalue weighted by Gasteiger charge is -2.37. The molecule has 3 amide bonds. The average molecular weight is 409 g/mol. The number of para-hydroxylation sites is 2. The highest BCUT2D eigenvalue weighted by Gasteiger charge is 2.49. The second-order valence-electron chi connectivity index (χ2n) is 7.80. The third-order valence-electron chi connectivity index (χ3n) is 5.85. The Balaban J connectivity index is 1.40. The van der Waals surface area contributed by atoms with Gasteiger partial charge in [-0.1, -0.05) is 42.5 Å². The van der Waals surface area contributed by atoms with Crippen molar-refractivity contribution in [3.63, 3.8) is 0 Å². The summed E-state index contributed by atoms with van der Waals surface area (Å²) in [5.74, 6) is 0.684. The van der Waals surface area contributed by atoms with Gasteiger partial charge in [-0.25, -0.2) is 9.69 Å². The molecule has 7 nitrogen and oxygen atoms in total. The summed E-state index contributed by atoms with van der Waals surface area (Å²) in [7, 11) is 0. The van der Waals surface area contributed by atoms with Crippen molar-refractivity contribution in [2.75, 3.05) is 44.4 Å². The number of ether oxygens (including phenoxy) is 1. The van der Waals surface area contributed by atoms with Crippen LogP contribution in [0.4, 0.5) is 10.5 Å². The van der Waals surface area contributed by atoms with Crippen molar-refractivity contribution in [2.24, 2.45) is 0 Å². The van der Waals surface area contributed by atoms with Crippen molar-refractivity contribution in [3.05, 3.63) is 60.2 Å². The molecule has 2 aliphatic rings. The number of carbonyl (C=O) groups excluding carboxylic acids is 2. The molecule has 0 unspecified atom stereocenters. The molecule has 4 rings (SSSR count). The molecule has 1 atom stereocenters. The minimum Gasteiger partial charge on any atom is -0.492 e. The summed E-state index contributed by atoms with van der Waals surface area (Å²) in [5, 5.41) is 2.88. The number of rotatable bonds is 6. The molecule has 2 fully saturated rings. The SMILES string of the molecule is CCOc1ccccc1N1CCN(CN2C(=O)N[C@](C)(c3ccccc3)C2=O)CC1. The monoisotopic (exact) mass is 408 g/mol. The maximum Gasteiger partial charge on any atom is 0.326 e. The molecular weight excluding hydrogens is 380 g/mol. The predicted molar refractivity (Wildman–Crippen MR) is 115 cm³/mol. The zero-order valence-corrected chi connectivity index (χ0v) is 17.5. The number of carbonyl (C=O) groups is 2. The maximum absolute atomic E-state index is 13.1. The quantitative estimate of drug-likeness (QED) is 0.745. The summed E-state index contributed by atoms with van der Waals surface area (Å²) >= 11 is 0. The highest BCUT2D eigenvalue weighted by Crippen LogP contribution is 2.30. The van der Waals surface area contributed by atoms with Crippen LogP contribution in [0.1, 0.15) is 19.4 Å². The number of amides is 3. The van der Waals surface area contributed by atoms with E-state index in [2.05, 4.69) is 21.2 Å². The van der Waals surface area contributed by atoms with Gasteiger partial charge >= 0.3 is 6.03 Å². The van der Waals surface area contributed by atoms with Crippen LogP contribution in [0.25, 0.3) is 0 Å². The van der Waals surface area contributed by atoms with Crippen LogP contribution in [0.15, 0.2) is 54.6 Å². The lowest BCUT2D eigenvalue weighted by atomic mass is 9.92. The Hall–Kier alpha value is -3.06. The molecule has 0 spiro atoms. The number of hydrogen-bond donors (Lipinski definition) is 1. The number of imide groups is 1. The highest BCUT2D eigenvalue weighted by atomic mass is 16.5. The van der Waals surface area contributed by atoms with Gasteiger partial charge in [0.1, 0.15) is 11.3 Å². The first-order chi connectivity index (χ1) is 14.5. The molecule has 2 heterocycles. The maximum atomic E-state index is 13.1. The Kier molecular flexibility index (Phi) is 5.63. The summed E-state index contributed by atoms with van der Waals surface area (Å²) in [6.07, 6.45) is 0. The largest absolute Gasteiger partial charge is 0.492 e. The predicted octanol–water partition coefficient (Wildman–Crippen LogP) is 2.63. The lowest BCUT2D eigenvalue weighted by Crippen LogP contribution is -2.51. The zero-order chi connectivity index (χ0) is 21.1. The molecule has 0 radical (unpaired) electrons. The van der Waals surface area contributed by atoms with Crippen LogP contribution in [-0.2, 0) is 10.3 Å². The number of nitrogens with one attached hydrogen (secondary N) is 1. The van der Waals surface area contributed by atoms with Gasteiger partial charge in [-0.3, -0.25) is 9.69 Å². The van der Waals surface area contributed by atoms with E-state index in [1.54, 1.807) is 6.92 Å². The van der Waals surface area contributed by atoms with E-state index in [1.165, 1.54) is 4.90 Å². The molecule has 2 aliphatic heterocycles. The zero-order valence-electron chi connectivity index (χ0n) is 17.5. The first kappa shape index (κ1) is 20.2. The number of nitrogens with zero attached hydrogens (tertiary/aromatic N) is 3.